The summed E-state index contributed by atoms with van der Waals surface area (Å²) in [5.74, 6) is 1.31. The third-order valence-electron chi connectivity index (χ3n) is 5.02. The van der Waals surface area contributed by atoms with Crippen LogP contribution >= 0.6 is 11.3 Å². The van der Waals surface area contributed by atoms with E-state index >= 15 is 0 Å². The lowest BCUT2D eigenvalue weighted by Crippen LogP contribution is -2.36. The molecule has 0 aromatic carbocycles. The zero-order valence-corrected chi connectivity index (χ0v) is 17.1. The Bertz CT molecular complexity index is 993. The lowest BCUT2D eigenvalue weighted by molar-refractivity contribution is -0.126. The topological polar surface area (TPSA) is 71.0 Å². The largest absolute Gasteiger partial charge is 0.339 e. The van der Waals surface area contributed by atoms with Gasteiger partial charge in [0.1, 0.15) is 5.82 Å². The van der Waals surface area contributed by atoms with Crippen LogP contribution in [0.3, 0.4) is 0 Å². The van der Waals surface area contributed by atoms with Gasteiger partial charge < -0.3 is 10.2 Å². The second-order valence-electron chi connectivity index (χ2n) is 7.09. The predicted octanol–water partition coefficient (Wildman–Crippen LogP) is 4.40. The SMILES string of the molecule is Cc1cnc(Nc2cc(C3CCN(C(=O)/C=C/c4cccnc4)CC3)ccn2)s1. The van der Waals surface area contributed by atoms with E-state index in [0.717, 1.165) is 42.4 Å². The van der Waals surface area contributed by atoms with E-state index in [4.69, 9.17) is 0 Å². The Kier molecular flexibility index (Phi) is 5.95. The number of piperidine rings is 1. The van der Waals surface area contributed by atoms with E-state index in [1.54, 1.807) is 29.8 Å². The normalized spacial score (nSPS) is 15.0. The first-order chi connectivity index (χ1) is 14.2. The third kappa shape index (κ3) is 5.06. The summed E-state index contributed by atoms with van der Waals surface area (Å²) < 4.78 is 0. The number of hydrogen-bond donors (Lipinski definition) is 1. The molecule has 1 saturated heterocycles. The van der Waals surface area contributed by atoms with Crippen molar-refractivity contribution in [2.45, 2.75) is 25.7 Å². The van der Waals surface area contributed by atoms with Gasteiger partial charge in [-0.15, -0.1) is 11.3 Å². The van der Waals surface area contributed by atoms with Gasteiger partial charge in [0.2, 0.25) is 5.91 Å². The summed E-state index contributed by atoms with van der Waals surface area (Å²) in [7, 11) is 0. The molecule has 1 aliphatic rings. The number of amides is 1. The molecule has 6 nitrogen and oxygen atoms in total. The van der Waals surface area contributed by atoms with Crippen molar-refractivity contribution in [3.05, 3.63) is 71.1 Å². The van der Waals surface area contributed by atoms with Gasteiger partial charge in [0.25, 0.3) is 0 Å². The van der Waals surface area contributed by atoms with Crippen molar-refractivity contribution in [1.82, 2.24) is 19.9 Å². The summed E-state index contributed by atoms with van der Waals surface area (Å²) in [6.07, 6.45) is 12.5. The van der Waals surface area contributed by atoms with Gasteiger partial charge in [-0.2, -0.15) is 0 Å². The smallest absolute Gasteiger partial charge is 0.246 e. The van der Waals surface area contributed by atoms with E-state index in [1.807, 2.05) is 42.4 Å². The molecular weight excluding hydrogens is 382 g/mol. The molecule has 1 N–H and O–H groups in total. The maximum atomic E-state index is 12.5. The minimum Gasteiger partial charge on any atom is -0.339 e. The van der Waals surface area contributed by atoms with Gasteiger partial charge in [-0.25, -0.2) is 9.97 Å². The fourth-order valence-electron chi connectivity index (χ4n) is 3.47. The second-order valence-corrected chi connectivity index (χ2v) is 8.33. The average molecular weight is 406 g/mol. The molecule has 0 radical (unpaired) electrons. The Hall–Kier alpha value is -3.06. The van der Waals surface area contributed by atoms with Crippen molar-refractivity contribution in [2.24, 2.45) is 0 Å². The number of nitrogens with zero attached hydrogens (tertiary/aromatic N) is 4. The molecule has 0 aliphatic carbocycles. The van der Waals surface area contributed by atoms with Crippen LogP contribution in [0.4, 0.5) is 10.9 Å². The van der Waals surface area contributed by atoms with Crippen molar-refractivity contribution < 1.29 is 4.79 Å². The summed E-state index contributed by atoms with van der Waals surface area (Å²) in [4.78, 5) is 28.4. The van der Waals surface area contributed by atoms with E-state index in [2.05, 4.69) is 32.4 Å². The van der Waals surface area contributed by atoms with Gasteiger partial charge in [0.15, 0.2) is 5.13 Å². The van der Waals surface area contributed by atoms with Gasteiger partial charge in [0.05, 0.1) is 0 Å². The molecule has 0 unspecified atom stereocenters. The molecule has 3 aromatic heterocycles. The molecule has 7 heteroatoms. The molecule has 1 fully saturated rings. The summed E-state index contributed by atoms with van der Waals surface area (Å²) in [5.41, 5.74) is 2.19. The summed E-state index contributed by atoms with van der Waals surface area (Å²) in [5, 5.41) is 4.14. The maximum absolute atomic E-state index is 12.5. The van der Waals surface area contributed by atoms with Crippen molar-refractivity contribution in [3.8, 4) is 0 Å². The first-order valence-corrected chi connectivity index (χ1v) is 10.5. The average Bonchev–Trinajstić information content (AvgIpc) is 3.17. The molecule has 0 bridgehead atoms. The number of anilines is 2. The number of carbonyl (C=O) groups is 1. The zero-order chi connectivity index (χ0) is 20.1. The van der Waals surface area contributed by atoms with Gasteiger partial charge >= 0.3 is 0 Å². The van der Waals surface area contributed by atoms with Crippen LogP contribution in [0, 0.1) is 6.92 Å². The number of pyridine rings is 2. The van der Waals surface area contributed by atoms with Crippen molar-refractivity contribution >= 4 is 34.3 Å². The third-order valence-corrected chi connectivity index (χ3v) is 5.85. The number of likely N-dealkylation sites (tertiary alicyclic amines) is 1. The quantitative estimate of drug-likeness (QED) is 0.637. The van der Waals surface area contributed by atoms with Gasteiger partial charge in [-0.1, -0.05) is 6.07 Å². The van der Waals surface area contributed by atoms with Crippen LogP contribution in [0.1, 0.15) is 34.8 Å². The number of thiazole rings is 1. The number of hydrogen-bond acceptors (Lipinski definition) is 6. The Morgan fingerprint density at radius 2 is 2.07 bits per heavy atom. The zero-order valence-electron chi connectivity index (χ0n) is 16.3. The summed E-state index contributed by atoms with van der Waals surface area (Å²) >= 11 is 1.61. The van der Waals surface area contributed by atoms with Crippen LogP contribution in [0.25, 0.3) is 6.08 Å². The molecule has 1 amide bonds. The van der Waals surface area contributed by atoms with Crippen LogP contribution in [0.2, 0.25) is 0 Å². The van der Waals surface area contributed by atoms with Crippen LogP contribution in [-0.2, 0) is 4.79 Å². The maximum Gasteiger partial charge on any atom is 0.246 e. The highest BCUT2D eigenvalue weighted by atomic mass is 32.1. The Morgan fingerprint density at radius 3 is 2.79 bits per heavy atom. The standard InChI is InChI=1S/C22H23N5OS/c1-16-14-25-22(29-16)26-20-13-19(6-10-24-20)18-7-11-27(12-8-18)21(28)5-4-17-3-2-9-23-15-17/h2-6,9-10,13-15,18H,7-8,11-12H2,1H3,(H,24,25,26)/b5-4+. The minimum atomic E-state index is 0.0588. The fraction of sp³-hybridized carbons (Fsp3) is 0.273. The molecule has 4 rings (SSSR count). The van der Waals surface area contributed by atoms with Gasteiger partial charge in [0, 0.05) is 48.8 Å². The molecular formula is C22H23N5OS. The van der Waals surface area contributed by atoms with E-state index in [9.17, 15) is 4.79 Å². The van der Waals surface area contributed by atoms with Crippen LogP contribution < -0.4 is 5.32 Å². The van der Waals surface area contributed by atoms with E-state index < -0.39 is 0 Å². The Morgan fingerprint density at radius 1 is 1.21 bits per heavy atom. The first-order valence-electron chi connectivity index (χ1n) is 9.70. The Labute approximate surface area is 174 Å². The van der Waals surface area contributed by atoms with E-state index in [0.29, 0.717) is 5.92 Å². The number of carbonyl (C=O) groups excluding carboxylic acids is 1. The second kappa shape index (κ2) is 8.96. The fourth-order valence-corrected chi connectivity index (χ4v) is 4.14. The van der Waals surface area contributed by atoms with Crippen molar-refractivity contribution in [3.63, 3.8) is 0 Å². The van der Waals surface area contributed by atoms with Crippen LogP contribution in [-0.4, -0.2) is 38.8 Å². The molecule has 0 saturated carbocycles. The molecule has 3 aromatic rings. The minimum absolute atomic E-state index is 0.0588. The number of aryl methyl sites for hydroxylation is 1. The van der Waals surface area contributed by atoms with E-state index in [-0.39, 0.29) is 5.91 Å². The number of rotatable bonds is 5. The molecule has 0 atom stereocenters. The summed E-state index contributed by atoms with van der Waals surface area (Å²) in [6, 6.07) is 7.97. The molecule has 148 valence electrons. The molecule has 4 heterocycles. The van der Waals surface area contributed by atoms with Gasteiger partial charge in [-0.05, 0) is 61.1 Å². The highest BCUT2D eigenvalue weighted by Crippen LogP contribution is 2.30. The monoisotopic (exact) mass is 405 g/mol. The lowest BCUT2D eigenvalue weighted by atomic mass is 9.90. The van der Waals surface area contributed by atoms with Crippen molar-refractivity contribution in [2.75, 3.05) is 18.4 Å². The molecule has 1 aliphatic heterocycles. The summed E-state index contributed by atoms with van der Waals surface area (Å²) in [6.45, 7) is 3.56. The lowest BCUT2D eigenvalue weighted by Gasteiger charge is -2.31. The highest BCUT2D eigenvalue weighted by molar-refractivity contribution is 7.15. The van der Waals surface area contributed by atoms with E-state index in [1.165, 1.54) is 10.4 Å². The number of nitrogens with one attached hydrogen (secondary N) is 1. The van der Waals surface area contributed by atoms with Crippen LogP contribution in [0.5, 0.6) is 0 Å². The Balaban J connectivity index is 1.34. The first kappa shape index (κ1) is 19.3. The van der Waals surface area contributed by atoms with Gasteiger partial charge in [-0.3, -0.25) is 9.78 Å². The van der Waals surface area contributed by atoms with Crippen molar-refractivity contribution in [1.29, 1.82) is 0 Å². The predicted molar refractivity (Wildman–Crippen MR) is 116 cm³/mol. The van der Waals surface area contributed by atoms with Crippen LogP contribution in [0.15, 0.2) is 55.1 Å². The molecule has 29 heavy (non-hydrogen) atoms. The number of aromatic nitrogens is 3. The molecule has 0 spiro atoms. The highest BCUT2D eigenvalue weighted by Gasteiger charge is 2.23.